The Morgan fingerprint density at radius 3 is 2.65 bits per heavy atom. The summed E-state index contributed by atoms with van der Waals surface area (Å²) in [5.74, 6) is 0. The molecule has 23 heavy (non-hydrogen) atoms. The van der Waals surface area contributed by atoms with Gasteiger partial charge in [-0.15, -0.1) is 0 Å². The Kier molecular flexibility index (Phi) is 6.28. The van der Waals surface area contributed by atoms with E-state index in [1.807, 2.05) is 6.07 Å². The second-order valence-electron chi connectivity index (χ2n) is 6.45. The summed E-state index contributed by atoms with van der Waals surface area (Å²) in [6, 6.07) is 10.5. The summed E-state index contributed by atoms with van der Waals surface area (Å²) in [6.45, 7) is 6.53. The fourth-order valence-electron chi connectivity index (χ4n) is 3.29. The molecule has 1 aromatic rings. The molecule has 1 aromatic carbocycles. The molecule has 0 aromatic heterocycles. The number of benzene rings is 1. The number of hydrogen-bond donors (Lipinski definition) is 1. The Balaban J connectivity index is 1.32. The zero-order valence-corrected chi connectivity index (χ0v) is 13.8. The standard InChI is InChI=1S/C18H28N2O3/c21-17(14-22-15-18-7-4-12-23-18)13-19-8-10-20(11-9-19)16-5-2-1-3-6-16/h1-3,5-6,17-18,21H,4,7-15H2. The Bertz CT molecular complexity index is 443. The molecule has 2 heterocycles. The zero-order chi connectivity index (χ0) is 15.9. The van der Waals surface area contributed by atoms with Gasteiger partial charge in [-0.1, -0.05) is 18.2 Å². The fourth-order valence-corrected chi connectivity index (χ4v) is 3.29. The number of β-amino-alcohol motifs (C(OH)–C–C–N with tert-alkyl or cyclic N) is 1. The smallest absolute Gasteiger partial charge is 0.0900 e. The summed E-state index contributed by atoms with van der Waals surface area (Å²) < 4.78 is 11.1. The number of aliphatic hydroxyl groups is 1. The Hall–Kier alpha value is -1.14. The molecule has 0 radical (unpaired) electrons. The monoisotopic (exact) mass is 320 g/mol. The van der Waals surface area contributed by atoms with Crippen LogP contribution in [0.15, 0.2) is 30.3 Å². The molecule has 2 aliphatic heterocycles. The number of aliphatic hydroxyl groups excluding tert-OH is 1. The first-order chi connectivity index (χ1) is 11.3. The van der Waals surface area contributed by atoms with Gasteiger partial charge in [-0.2, -0.15) is 0 Å². The van der Waals surface area contributed by atoms with Crippen molar-refractivity contribution >= 4 is 5.69 Å². The minimum atomic E-state index is -0.417. The minimum absolute atomic E-state index is 0.233. The van der Waals surface area contributed by atoms with Gasteiger partial charge in [0, 0.05) is 45.0 Å². The maximum absolute atomic E-state index is 10.1. The third-order valence-corrected chi connectivity index (χ3v) is 4.60. The zero-order valence-electron chi connectivity index (χ0n) is 13.8. The van der Waals surface area contributed by atoms with E-state index in [-0.39, 0.29) is 6.10 Å². The predicted octanol–water partition coefficient (Wildman–Crippen LogP) is 1.37. The third-order valence-electron chi connectivity index (χ3n) is 4.60. The number of ether oxygens (including phenoxy) is 2. The van der Waals surface area contributed by atoms with Gasteiger partial charge in [-0.25, -0.2) is 0 Å². The van der Waals surface area contributed by atoms with Crippen molar-refractivity contribution < 1.29 is 14.6 Å². The lowest BCUT2D eigenvalue weighted by molar-refractivity contribution is -0.0254. The molecule has 2 fully saturated rings. The van der Waals surface area contributed by atoms with Gasteiger partial charge in [0.1, 0.15) is 0 Å². The Morgan fingerprint density at radius 2 is 1.96 bits per heavy atom. The van der Waals surface area contributed by atoms with Crippen molar-refractivity contribution in [2.45, 2.75) is 25.0 Å². The number of piperazine rings is 1. The van der Waals surface area contributed by atoms with Crippen LogP contribution in [0.2, 0.25) is 0 Å². The van der Waals surface area contributed by atoms with Crippen molar-refractivity contribution in [3.8, 4) is 0 Å². The molecule has 0 saturated carbocycles. The van der Waals surface area contributed by atoms with E-state index in [0.717, 1.165) is 45.6 Å². The van der Waals surface area contributed by atoms with Gasteiger partial charge in [0.25, 0.3) is 0 Å². The molecule has 2 aliphatic rings. The predicted molar refractivity (Wildman–Crippen MR) is 90.9 cm³/mol. The molecule has 0 aliphatic carbocycles. The van der Waals surface area contributed by atoms with Crippen molar-refractivity contribution in [3.05, 3.63) is 30.3 Å². The molecule has 128 valence electrons. The maximum atomic E-state index is 10.1. The summed E-state index contributed by atoms with van der Waals surface area (Å²) in [7, 11) is 0. The van der Waals surface area contributed by atoms with Gasteiger partial charge in [0.05, 0.1) is 25.4 Å². The van der Waals surface area contributed by atoms with Crippen LogP contribution in [-0.2, 0) is 9.47 Å². The first-order valence-corrected chi connectivity index (χ1v) is 8.71. The molecular weight excluding hydrogens is 292 g/mol. The van der Waals surface area contributed by atoms with E-state index < -0.39 is 6.10 Å². The molecule has 2 saturated heterocycles. The lowest BCUT2D eigenvalue weighted by Crippen LogP contribution is -2.49. The van der Waals surface area contributed by atoms with Gasteiger partial charge in [-0.3, -0.25) is 4.90 Å². The Morgan fingerprint density at radius 1 is 1.17 bits per heavy atom. The number of para-hydroxylation sites is 1. The van der Waals surface area contributed by atoms with E-state index in [1.54, 1.807) is 0 Å². The first-order valence-electron chi connectivity index (χ1n) is 8.71. The second-order valence-corrected chi connectivity index (χ2v) is 6.45. The van der Waals surface area contributed by atoms with Crippen LogP contribution >= 0.6 is 0 Å². The van der Waals surface area contributed by atoms with Crippen molar-refractivity contribution in [3.63, 3.8) is 0 Å². The average Bonchev–Trinajstić information content (AvgIpc) is 3.10. The number of hydrogen-bond acceptors (Lipinski definition) is 5. The van der Waals surface area contributed by atoms with Gasteiger partial charge in [-0.05, 0) is 25.0 Å². The van der Waals surface area contributed by atoms with Crippen LogP contribution in [-0.4, -0.2) is 74.8 Å². The van der Waals surface area contributed by atoms with E-state index in [2.05, 4.69) is 34.1 Å². The van der Waals surface area contributed by atoms with Crippen LogP contribution in [0.1, 0.15) is 12.8 Å². The molecule has 5 heteroatoms. The molecular formula is C18H28N2O3. The van der Waals surface area contributed by atoms with E-state index in [0.29, 0.717) is 19.8 Å². The highest BCUT2D eigenvalue weighted by Gasteiger charge is 2.20. The lowest BCUT2D eigenvalue weighted by Gasteiger charge is -2.36. The molecule has 5 nitrogen and oxygen atoms in total. The molecule has 1 N–H and O–H groups in total. The average molecular weight is 320 g/mol. The van der Waals surface area contributed by atoms with Crippen LogP contribution in [0, 0.1) is 0 Å². The van der Waals surface area contributed by atoms with E-state index in [9.17, 15) is 5.11 Å². The van der Waals surface area contributed by atoms with Crippen LogP contribution in [0.4, 0.5) is 5.69 Å². The second kappa shape index (κ2) is 8.64. The van der Waals surface area contributed by atoms with E-state index in [4.69, 9.17) is 9.47 Å². The summed E-state index contributed by atoms with van der Waals surface area (Å²) in [4.78, 5) is 4.72. The van der Waals surface area contributed by atoms with Crippen molar-refractivity contribution in [2.24, 2.45) is 0 Å². The quantitative estimate of drug-likeness (QED) is 0.822. The largest absolute Gasteiger partial charge is 0.389 e. The van der Waals surface area contributed by atoms with Crippen LogP contribution < -0.4 is 4.90 Å². The maximum Gasteiger partial charge on any atom is 0.0900 e. The SMILES string of the molecule is OC(COCC1CCCO1)CN1CCN(c2ccccc2)CC1. The summed E-state index contributed by atoms with van der Waals surface area (Å²) in [5, 5.41) is 10.1. The third kappa shape index (κ3) is 5.18. The van der Waals surface area contributed by atoms with Crippen LogP contribution in [0.5, 0.6) is 0 Å². The summed E-state index contributed by atoms with van der Waals surface area (Å²) in [5.41, 5.74) is 1.28. The number of rotatable bonds is 7. The van der Waals surface area contributed by atoms with Gasteiger partial charge >= 0.3 is 0 Å². The van der Waals surface area contributed by atoms with Crippen molar-refractivity contribution in [2.75, 3.05) is 57.4 Å². The fraction of sp³-hybridized carbons (Fsp3) is 0.667. The summed E-state index contributed by atoms with van der Waals surface area (Å²) >= 11 is 0. The van der Waals surface area contributed by atoms with Crippen LogP contribution in [0.3, 0.4) is 0 Å². The first kappa shape index (κ1) is 16.7. The lowest BCUT2D eigenvalue weighted by atomic mass is 10.2. The molecule has 3 rings (SSSR count). The van der Waals surface area contributed by atoms with Gasteiger partial charge in [0.15, 0.2) is 0 Å². The summed E-state index contributed by atoms with van der Waals surface area (Å²) in [6.07, 6.45) is 2.02. The van der Waals surface area contributed by atoms with Crippen LogP contribution in [0.25, 0.3) is 0 Å². The van der Waals surface area contributed by atoms with Gasteiger partial charge in [0.2, 0.25) is 0 Å². The molecule has 0 bridgehead atoms. The van der Waals surface area contributed by atoms with Crippen molar-refractivity contribution in [1.29, 1.82) is 0 Å². The van der Waals surface area contributed by atoms with E-state index in [1.165, 1.54) is 5.69 Å². The molecule has 2 unspecified atom stereocenters. The topological polar surface area (TPSA) is 45.2 Å². The highest BCUT2D eigenvalue weighted by atomic mass is 16.5. The van der Waals surface area contributed by atoms with Crippen molar-refractivity contribution in [1.82, 2.24) is 4.90 Å². The molecule has 2 atom stereocenters. The minimum Gasteiger partial charge on any atom is -0.389 e. The molecule has 0 spiro atoms. The number of nitrogens with zero attached hydrogens (tertiary/aromatic N) is 2. The number of anilines is 1. The molecule has 0 amide bonds. The highest BCUT2D eigenvalue weighted by Crippen LogP contribution is 2.16. The van der Waals surface area contributed by atoms with E-state index >= 15 is 0 Å². The Labute approximate surface area is 138 Å². The normalized spacial score (nSPS) is 24.0. The highest BCUT2D eigenvalue weighted by molar-refractivity contribution is 5.46. The van der Waals surface area contributed by atoms with Gasteiger partial charge < -0.3 is 19.5 Å².